The second-order valence-corrected chi connectivity index (χ2v) is 6.08. The van der Waals surface area contributed by atoms with E-state index in [1.54, 1.807) is 0 Å². The predicted octanol–water partition coefficient (Wildman–Crippen LogP) is 3.37. The summed E-state index contributed by atoms with van der Waals surface area (Å²) < 4.78 is 0. The van der Waals surface area contributed by atoms with Gasteiger partial charge in [-0.15, -0.1) is 0 Å². The smallest absolute Gasteiger partial charge is 0.0730 e. The largest absolute Gasteiger partial charge is 0.389 e. The number of hydrogen-bond acceptors (Lipinski definition) is 2. The van der Waals surface area contributed by atoms with E-state index in [2.05, 4.69) is 37.9 Å². The van der Waals surface area contributed by atoms with Crippen LogP contribution in [0.2, 0.25) is 0 Å². The molecule has 2 rings (SSSR count). The maximum absolute atomic E-state index is 10.9. The molecule has 0 radical (unpaired) electrons. The highest BCUT2D eigenvalue weighted by atomic mass is 16.3. The van der Waals surface area contributed by atoms with Gasteiger partial charge in [-0.25, -0.2) is 0 Å². The molecule has 1 aromatic rings. The van der Waals surface area contributed by atoms with Crippen LogP contribution in [0.5, 0.6) is 0 Å². The highest BCUT2D eigenvalue weighted by Crippen LogP contribution is 2.38. The van der Waals surface area contributed by atoms with E-state index in [1.807, 2.05) is 6.20 Å². The quantitative estimate of drug-likeness (QED) is 0.888. The summed E-state index contributed by atoms with van der Waals surface area (Å²) in [7, 11) is 0. The Labute approximate surface area is 110 Å². The highest BCUT2D eigenvalue weighted by molar-refractivity contribution is 5.16. The Bertz CT molecular complexity index is 387. The van der Waals surface area contributed by atoms with Crippen LogP contribution in [0.25, 0.3) is 0 Å². The van der Waals surface area contributed by atoms with Gasteiger partial charge in [-0.1, -0.05) is 33.3 Å². The molecule has 3 atom stereocenters. The van der Waals surface area contributed by atoms with Gasteiger partial charge < -0.3 is 5.11 Å². The Morgan fingerprint density at radius 3 is 2.72 bits per heavy atom. The van der Waals surface area contributed by atoms with Crippen LogP contribution in [0.1, 0.15) is 51.3 Å². The van der Waals surface area contributed by atoms with Gasteiger partial charge in [0.1, 0.15) is 0 Å². The van der Waals surface area contributed by atoms with Gasteiger partial charge in [-0.3, -0.25) is 4.98 Å². The summed E-state index contributed by atoms with van der Waals surface area (Å²) >= 11 is 0. The van der Waals surface area contributed by atoms with Gasteiger partial charge in [0.15, 0.2) is 0 Å². The molecule has 0 spiro atoms. The molecule has 0 aliphatic heterocycles. The standard InChI is InChI=1S/C16H25NO/c1-4-14-7-8-15(17-11-14)10-16(18)9-12(2)5-6-13(16)3/h7-8,11-13,18H,4-6,9-10H2,1-3H3. The first-order valence-corrected chi connectivity index (χ1v) is 7.19. The summed E-state index contributed by atoms with van der Waals surface area (Å²) in [5.41, 5.74) is 1.73. The molecule has 2 heteroatoms. The number of aliphatic hydroxyl groups is 1. The third kappa shape index (κ3) is 2.92. The zero-order chi connectivity index (χ0) is 13.2. The molecule has 1 aliphatic rings. The molecular weight excluding hydrogens is 222 g/mol. The maximum atomic E-state index is 10.9. The molecule has 0 amide bonds. The number of aromatic nitrogens is 1. The lowest BCUT2D eigenvalue weighted by Crippen LogP contribution is -2.43. The summed E-state index contributed by atoms with van der Waals surface area (Å²) in [6.07, 6.45) is 6.94. The first kappa shape index (κ1) is 13.5. The second-order valence-electron chi connectivity index (χ2n) is 6.08. The third-order valence-corrected chi connectivity index (χ3v) is 4.49. The van der Waals surface area contributed by atoms with E-state index in [9.17, 15) is 5.11 Å². The van der Waals surface area contributed by atoms with Crippen molar-refractivity contribution < 1.29 is 5.11 Å². The Hall–Kier alpha value is -0.890. The molecule has 1 aromatic heterocycles. The monoisotopic (exact) mass is 247 g/mol. The molecule has 0 aromatic carbocycles. The summed E-state index contributed by atoms with van der Waals surface area (Å²) in [4.78, 5) is 4.49. The molecule has 1 saturated carbocycles. The number of hydrogen-bond donors (Lipinski definition) is 1. The van der Waals surface area contributed by atoms with E-state index >= 15 is 0 Å². The lowest BCUT2D eigenvalue weighted by atomic mass is 9.70. The average Bonchev–Trinajstić information content (AvgIpc) is 2.35. The Morgan fingerprint density at radius 1 is 1.33 bits per heavy atom. The minimum atomic E-state index is -0.557. The van der Waals surface area contributed by atoms with Crippen LogP contribution in [-0.2, 0) is 12.8 Å². The van der Waals surface area contributed by atoms with Crippen molar-refractivity contribution in [1.29, 1.82) is 0 Å². The van der Waals surface area contributed by atoms with E-state index in [1.165, 1.54) is 12.0 Å². The molecule has 1 fully saturated rings. The SMILES string of the molecule is CCc1ccc(CC2(O)CC(C)CCC2C)nc1. The van der Waals surface area contributed by atoms with Crippen molar-refractivity contribution in [1.82, 2.24) is 4.98 Å². The molecule has 3 unspecified atom stereocenters. The summed E-state index contributed by atoms with van der Waals surface area (Å²) in [6, 6.07) is 4.20. The van der Waals surface area contributed by atoms with E-state index in [-0.39, 0.29) is 0 Å². The molecular formula is C16H25NO. The second kappa shape index (κ2) is 5.40. The lowest BCUT2D eigenvalue weighted by molar-refractivity contribution is -0.0566. The van der Waals surface area contributed by atoms with E-state index in [0.717, 1.165) is 25.0 Å². The van der Waals surface area contributed by atoms with Crippen molar-refractivity contribution >= 4 is 0 Å². The average molecular weight is 247 g/mol. The van der Waals surface area contributed by atoms with Gasteiger partial charge in [-0.05, 0) is 42.7 Å². The van der Waals surface area contributed by atoms with Crippen molar-refractivity contribution in [3.8, 4) is 0 Å². The number of aryl methyl sites for hydroxylation is 1. The number of pyridine rings is 1. The van der Waals surface area contributed by atoms with Gasteiger partial charge >= 0.3 is 0 Å². The van der Waals surface area contributed by atoms with Gasteiger partial charge in [0.05, 0.1) is 5.60 Å². The van der Waals surface area contributed by atoms with Crippen LogP contribution in [0.4, 0.5) is 0 Å². The van der Waals surface area contributed by atoms with Crippen LogP contribution < -0.4 is 0 Å². The van der Waals surface area contributed by atoms with E-state index < -0.39 is 5.60 Å². The van der Waals surface area contributed by atoms with Crippen molar-refractivity contribution in [3.63, 3.8) is 0 Å². The van der Waals surface area contributed by atoms with Crippen LogP contribution in [0.3, 0.4) is 0 Å². The van der Waals surface area contributed by atoms with Gasteiger partial charge in [0.25, 0.3) is 0 Å². The molecule has 2 nitrogen and oxygen atoms in total. The highest BCUT2D eigenvalue weighted by Gasteiger charge is 2.38. The predicted molar refractivity (Wildman–Crippen MR) is 74.4 cm³/mol. The topological polar surface area (TPSA) is 33.1 Å². The van der Waals surface area contributed by atoms with Crippen molar-refractivity contribution in [2.24, 2.45) is 11.8 Å². The Kier molecular flexibility index (Phi) is 4.06. The van der Waals surface area contributed by atoms with Gasteiger partial charge in [0, 0.05) is 18.3 Å². The summed E-state index contributed by atoms with van der Waals surface area (Å²) in [5.74, 6) is 1.00. The zero-order valence-electron chi connectivity index (χ0n) is 11.8. The lowest BCUT2D eigenvalue weighted by Gasteiger charge is -2.41. The van der Waals surface area contributed by atoms with Crippen molar-refractivity contribution in [2.75, 3.05) is 0 Å². The molecule has 100 valence electrons. The van der Waals surface area contributed by atoms with E-state index in [4.69, 9.17) is 0 Å². The van der Waals surface area contributed by atoms with Crippen LogP contribution in [0, 0.1) is 11.8 Å². The molecule has 1 aliphatic carbocycles. The Morgan fingerprint density at radius 2 is 2.11 bits per heavy atom. The fourth-order valence-electron chi connectivity index (χ4n) is 3.04. The Balaban J connectivity index is 2.10. The molecule has 0 saturated heterocycles. The molecule has 1 heterocycles. The molecule has 0 bridgehead atoms. The molecule has 18 heavy (non-hydrogen) atoms. The van der Waals surface area contributed by atoms with Crippen molar-refractivity contribution in [3.05, 3.63) is 29.6 Å². The van der Waals surface area contributed by atoms with Crippen LogP contribution in [-0.4, -0.2) is 15.7 Å². The van der Waals surface area contributed by atoms with Crippen molar-refractivity contribution in [2.45, 2.75) is 58.5 Å². The fraction of sp³-hybridized carbons (Fsp3) is 0.688. The maximum Gasteiger partial charge on any atom is 0.0730 e. The summed E-state index contributed by atoms with van der Waals surface area (Å²) in [6.45, 7) is 6.55. The minimum absolute atomic E-state index is 0.376. The van der Waals surface area contributed by atoms with Crippen LogP contribution >= 0.6 is 0 Å². The zero-order valence-corrected chi connectivity index (χ0v) is 11.8. The fourth-order valence-corrected chi connectivity index (χ4v) is 3.04. The number of rotatable bonds is 3. The van der Waals surface area contributed by atoms with Gasteiger partial charge in [-0.2, -0.15) is 0 Å². The van der Waals surface area contributed by atoms with Gasteiger partial charge in [0.2, 0.25) is 0 Å². The minimum Gasteiger partial charge on any atom is -0.389 e. The number of nitrogens with zero attached hydrogens (tertiary/aromatic N) is 1. The summed E-state index contributed by atoms with van der Waals surface area (Å²) in [5, 5.41) is 10.9. The van der Waals surface area contributed by atoms with E-state index in [0.29, 0.717) is 18.3 Å². The third-order valence-electron chi connectivity index (χ3n) is 4.49. The van der Waals surface area contributed by atoms with Crippen LogP contribution in [0.15, 0.2) is 18.3 Å². The first-order valence-electron chi connectivity index (χ1n) is 7.19. The first-order chi connectivity index (χ1) is 8.53. The molecule has 1 N–H and O–H groups in total. The normalized spacial score (nSPS) is 32.4.